The Morgan fingerprint density at radius 3 is 2.39 bits per heavy atom. The topological polar surface area (TPSA) is 75.7 Å². The molecule has 2 aromatic carbocycles. The van der Waals surface area contributed by atoms with Crippen LogP contribution in [0.5, 0.6) is 5.75 Å². The molecule has 0 unspecified atom stereocenters. The second-order valence-corrected chi connectivity index (χ2v) is 5.08. The number of methoxy groups -OCH3 is 1. The van der Waals surface area contributed by atoms with Gasteiger partial charge in [0.2, 0.25) is 0 Å². The zero-order valence-corrected chi connectivity index (χ0v) is 12.6. The molecule has 3 rings (SSSR count). The fourth-order valence-corrected chi connectivity index (χ4v) is 2.44. The molecule has 0 saturated carbocycles. The van der Waals surface area contributed by atoms with E-state index >= 15 is 0 Å². The Labute approximate surface area is 132 Å². The van der Waals surface area contributed by atoms with Crippen molar-refractivity contribution in [1.29, 1.82) is 0 Å². The highest BCUT2D eigenvalue weighted by molar-refractivity contribution is 6.24. The third kappa shape index (κ3) is 2.44. The number of hydrogen-bond acceptors (Lipinski definition) is 4. The number of fused-ring (bicyclic) bond motifs is 1. The second kappa shape index (κ2) is 5.57. The molecule has 3 amide bonds. The first kappa shape index (κ1) is 14.8. The largest absolute Gasteiger partial charge is 0.497 e. The molecule has 0 bridgehead atoms. The third-order valence-corrected chi connectivity index (χ3v) is 3.72. The lowest BCUT2D eigenvalue weighted by atomic mass is 10.1. The van der Waals surface area contributed by atoms with Gasteiger partial charge >= 0.3 is 0 Å². The van der Waals surface area contributed by atoms with E-state index in [9.17, 15) is 14.4 Å². The minimum atomic E-state index is -0.421. The van der Waals surface area contributed by atoms with Crippen molar-refractivity contribution in [1.82, 2.24) is 4.90 Å². The van der Waals surface area contributed by atoms with Crippen molar-refractivity contribution in [3.8, 4) is 5.75 Å². The van der Waals surface area contributed by atoms with Crippen molar-refractivity contribution in [2.45, 2.75) is 0 Å². The number of carbonyl (C=O) groups is 3. The Morgan fingerprint density at radius 2 is 1.74 bits per heavy atom. The van der Waals surface area contributed by atoms with Gasteiger partial charge in [-0.05, 0) is 36.4 Å². The number of ether oxygens (including phenoxy) is 1. The Hall–Kier alpha value is -3.15. The number of carbonyl (C=O) groups excluding carboxylic acids is 3. The van der Waals surface area contributed by atoms with Crippen LogP contribution in [0.4, 0.5) is 5.69 Å². The van der Waals surface area contributed by atoms with Gasteiger partial charge in [0.15, 0.2) is 0 Å². The number of anilines is 1. The van der Waals surface area contributed by atoms with E-state index in [1.807, 2.05) is 0 Å². The third-order valence-electron chi connectivity index (χ3n) is 3.72. The Bertz CT molecular complexity index is 812. The molecule has 1 aliphatic rings. The van der Waals surface area contributed by atoms with Gasteiger partial charge in [-0.25, -0.2) is 0 Å². The van der Waals surface area contributed by atoms with Crippen molar-refractivity contribution >= 4 is 23.4 Å². The van der Waals surface area contributed by atoms with Gasteiger partial charge in [-0.2, -0.15) is 0 Å². The molecule has 1 aliphatic heterocycles. The number of rotatable bonds is 3. The van der Waals surface area contributed by atoms with Gasteiger partial charge in [-0.1, -0.05) is 6.07 Å². The standard InChI is InChI=1S/C17H14N2O4/c1-19-16(21)12-4-3-5-13(14(12)17(19)22)18-15(20)10-6-8-11(23-2)9-7-10/h3-9H,1-2H3,(H,18,20). The first-order valence-corrected chi connectivity index (χ1v) is 6.93. The molecule has 0 aliphatic carbocycles. The monoisotopic (exact) mass is 310 g/mol. The predicted molar refractivity (Wildman–Crippen MR) is 83.8 cm³/mol. The second-order valence-electron chi connectivity index (χ2n) is 5.08. The van der Waals surface area contributed by atoms with Gasteiger partial charge in [0.05, 0.1) is 23.9 Å². The molecule has 0 radical (unpaired) electrons. The zero-order valence-electron chi connectivity index (χ0n) is 12.6. The summed E-state index contributed by atoms with van der Waals surface area (Å²) in [4.78, 5) is 37.5. The fraction of sp³-hybridized carbons (Fsp3) is 0.118. The molecule has 0 spiro atoms. The SMILES string of the molecule is COc1ccc(C(=O)Nc2cccc3c2C(=O)N(C)C3=O)cc1. The number of imide groups is 1. The number of nitrogens with zero attached hydrogens (tertiary/aromatic N) is 1. The number of amides is 3. The van der Waals surface area contributed by atoms with Gasteiger partial charge in [-0.15, -0.1) is 0 Å². The summed E-state index contributed by atoms with van der Waals surface area (Å²) in [5.74, 6) is -0.512. The van der Waals surface area contributed by atoms with Crippen LogP contribution in [0, 0.1) is 0 Å². The van der Waals surface area contributed by atoms with Crippen LogP contribution in [-0.2, 0) is 0 Å². The zero-order chi connectivity index (χ0) is 16.6. The first-order valence-electron chi connectivity index (χ1n) is 6.93. The Kier molecular flexibility index (Phi) is 3.57. The average Bonchev–Trinajstić information content (AvgIpc) is 2.80. The summed E-state index contributed by atoms with van der Waals surface area (Å²) in [6, 6.07) is 11.4. The summed E-state index contributed by atoms with van der Waals surface area (Å²) in [7, 11) is 2.96. The van der Waals surface area contributed by atoms with Crippen LogP contribution < -0.4 is 10.1 Å². The van der Waals surface area contributed by atoms with Crippen LogP contribution in [0.1, 0.15) is 31.1 Å². The molecule has 116 valence electrons. The molecule has 0 aromatic heterocycles. The molecule has 2 aromatic rings. The van der Waals surface area contributed by atoms with Crippen molar-refractivity contribution in [2.75, 3.05) is 19.5 Å². The van der Waals surface area contributed by atoms with E-state index in [0.29, 0.717) is 22.6 Å². The molecule has 6 nitrogen and oxygen atoms in total. The summed E-state index contributed by atoms with van der Waals surface area (Å²) in [6.07, 6.45) is 0. The fourth-order valence-electron chi connectivity index (χ4n) is 2.44. The van der Waals surface area contributed by atoms with Crippen molar-refractivity contribution in [3.63, 3.8) is 0 Å². The average molecular weight is 310 g/mol. The summed E-state index contributed by atoms with van der Waals surface area (Å²) >= 11 is 0. The normalized spacial score (nSPS) is 13.0. The van der Waals surface area contributed by atoms with E-state index in [0.717, 1.165) is 4.90 Å². The molecular formula is C17H14N2O4. The highest BCUT2D eigenvalue weighted by atomic mass is 16.5. The Balaban J connectivity index is 1.91. The molecule has 1 heterocycles. The summed E-state index contributed by atoms with van der Waals surface area (Å²) in [6.45, 7) is 0. The van der Waals surface area contributed by atoms with Gasteiger partial charge in [0, 0.05) is 12.6 Å². The van der Waals surface area contributed by atoms with Crippen molar-refractivity contribution < 1.29 is 19.1 Å². The molecule has 23 heavy (non-hydrogen) atoms. The maximum absolute atomic E-state index is 12.3. The first-order chi connectivity index (χ1) is 11.0. The van der Waals surface area contributed by atoms with Crippen LogP contribution in [-0.4, -0.2) is 36.8 Å². The highest BCUT2D eigenvalue weighted by Gasteiger charge is 2.35. The van der Waals surface area contributed by atoms with Gasteiger partial charge in [0.1, 0.15) is 5.75 Å². The van der Waals surface area contributed by atoms with Gasteiger partial charge < -0.3 is 10.1 Å². The summed E-state index contributed by atoms with van der Waals surface area (Å²) in [5, 5.41) is 2.69. The molecule has 6 heteroatoms. The Morgan fingerprint density at radius 1 is 1.04 bits per heavy atom. The lowest BCUT2D eigenvalue weighted by molar-refractivity contribution is 0.0693. The number of benzene rings is 2. The van der Waals surface area contributed by atoms with Crippen LogP contribution in [0.15, 0.2) is 42.5 Å². The quantitative estimate of drug-likeness (QED) is 0.882. The summed E-state index contributed by atoms with van der Waals surface area (Å²) < 4.78 is 5.05. The van der Waals surface area contributed by atoms with Crippen LogP contribution in [0.3, 0.4) is 0 Å². The molecule has 0 saturated heterocycles. The molecule has 0 atom stereocenters. The maximum atomic E-state index is 12.3. The highest BCUT2D eigenvalue weighted by Crippen LogP contribution is 2.28. The smallest absolute Gasteiger partial charge is 0.263 e. The van der Waals surface area contributed by atoms with E-state index in [1.165, 1.54) is 7.05 Å². The number of nitrogens with one attached hydrogen (secondary N) is 1. The molecular weight excluding hydrogens is 296 g/mol. The van der Waals surface area contributed by atoms with E-state index in [-0.39, 0.29) is 17.4 Å². The minimum absolute atomic E-state index is 0.224. The van der Waals surface area contributed by atoms with E-state index < -0.39 is 5.91 Å². The lowest BCUT2D eigenvalue weighted by Gasteiger charge is -2.09. The van der Waals surface area contributed by atoms with Gasteiger partial charge in [-0.3, -0.25) is 19.3 Å². The lowest BCUT2D eigenvalue weighted by Crippen LogP contribution is -2.24. The van der Waals surface area contributed by atoms with Crippen LogP contribution in [0.25, 0.3) is 0 Å². The molecule has 1 N–H and O–H groups in total. The van der Waals surface area contributed by atoms with E-state index in [2.05, 4.69) is 5.32 Å². The van der Waals surface area contributed by atoms with Crippen LogP contribution in [0.2, 0.25) is 0 Å². The maximum Gasteiger partial charge on any atom is 0.263 e. The van der Waals surface area contributed by atoms with Crippen molar-refractivity contribution in [3.05, 3.63) is 59.2 Å². The number of hydrogen-bond donors (Lipinski definition) is 1. The predicted octanol–water partition coefficient (Wildman–Crippen LogP) is 2.17. The van der Waals surface area contributed by atoms with Crippen molar-refractivity contribution in [2.24, 2.45) is 0 Å². The van der Waals surface area contributed by atoms with Crippen LogP contribution >= 0.6 is 0 Å². The van der Waals surface area contributed by atoms with E-state index in [1.54, 1.807) is 49.6 Å². The molecule has 0 fully saturated rings. The minimum Gasteiger partial charge on any atom is -0.497 e. The van der Waals surface area contributed by atoms with Gasteiger partial charge in [0.25, 0.3) is 17.7 Å². The van der Waals surface area contributed by atoms with E-state index in [4.69, 9.17) is 4.74 Å². The summed E-state index contributed by atoms with van der Waals surface area (Å²) in [5.41, 5.74) is 1.27.